The van der Waals surface area contributed by atoms with Crippen LogP contribution in [0.4, 0.5) is 10.5 Å². The molecule has 0 fully saturated rings. The predicted octanol–water partition coefficient (Wildman–Crippen LogP) is 3.75. The van der Waals surface area contributed by atoms with Crippen molar-refractivity contribution in [2.45, 2.75) is 59.0 Å². The summed E-state index contributed by atoms with van der Waals surface area (Å²) in [7, 11) is 0. The highest BCUT2D eigenvalue weighted by Gasteiger charge is 2.24. The molecule has 0 radical (unpaired) electrons. The van der Waals surface area contributed by atoms with Crippen molar-refractivity contribution in [3.63, 3.8) is 0 Å². The highest BCUT2D eigenvalue weighted by Crippen LogP contribution is 2.28. The third kappa shape index (κ3) is 7.68. The molecule has 1 aromatic rings. The standard InChI is InChI=1S/C20H30N2O5/c1-6-9-15(18(24)25)14-10-7-8-11-16(14)22-17(23)13(2)12-21-19(26)27-20(3,4)5/h7-8,10-11,13,15H,6,9,12H2,1-5H3,(H,21,26)(H,22,23)(H,24,25)/t13-,15+/m0/s1. The molecule has 7 nitrogen and oxygen atoms in total. The number of para-hydroxylation sites is 1. The first-order valence-corrected chi connectivity index (χ1v) is 9.14. The molecule has 0 spiro atoms. The van der Waals surface area contributed by atoms with Crippen LogP contribution in [0.25, 0.3) is 0 Å². The molecule has 150 valence electrons. The Morgan fingerprint density at radius 1 is 1.19 bits per heavy atom. The average molecular weight is 378 g/mol. The van der Waals surface area contributed by atoms with E-state index in [1.54, 1.807) is 52.0 Å². The maximum Gasteiger partial charge on any atom is 0.407 e. The molecule has 0 bridgehead atoms. The Morgan fingerprint density at radius 2 is 1.81 bits per heavy atom. The van der Waals surface area contributed by atoms with Gasteiger partial charge in [-0.05, 0) is 38.8 Å². The van der Waals surface area contributed by atoms with E-state index in [0.29, 0.717) is 17.7 Å². The Morgan fingerprint density at radius 3 is 2.37 bits per heavy atom. The molecule has 0 unspecified atom stereocenters. The molecule has 3 N–H and O–H groups in total. The smallest absolute Gasteiger partial charge is 0.407 e. The molecule has 2 atom stereocenters. The zero-order valence-electron chi connectivity index (χ0n) is 16.7. The fourth-order valence-corrected chi connectivity index (χ4v) is 2.51. The third-order valence-corrected chi connectivity index (χ3v) is 3.87. The first-order chi connectivity index (χ1) is 12.5. The van der Waals surface area contributed by atoms with Crippen molar-refractivity contribution in [3.8, 4) is 0 Å². The van der Waals surface area contributed by atoms with E-state index in [1.807, 2.05) is 6.92 Å². The molecule has 0 aliphatic rings. The number of amides is 2. The third-order valence-electron chi connectivity index (χ3n) is 3.87. The lowest BCUT2D eigenvalue weighted by Gasteiger charge is -2.21. The number of ether oxygens (including phenoxy) is 1. The number of nitrogens with one attached hydrogen (secondary N) is 2. The first-order valence-electron chi connectivity index (χ1n) is 9.14. The number of benzene rings is 1. The van der Waals surface area contributed by atoms with E-state index in [4.69, 9.17) is 4.74 Å². The number of aliphatic carboxylic acids is 1. The van der Waals surface area contributed by atoms with Gasteiger partial charge < -0.3 is 20.5 Å². The predicted molar refractivity (Wildman–Crippen MR) is 104 cm³/mol. The van der Waals surface area contributed by atoms with Crippen molar-refractivity contribution in [1.82, 2.24) is 5.32 Å². The van der Waals surface area contributed by atoms with Crippen LogP contribution < -0.4 is 10.6 Å². The number of hydrogen-bond acceptors (Lipinski definition) is 4. The van der Waals surface area contributed by atoms with Crippen molar-refractivity contribution in [2.75, 3.05) is 11.9 Å². The minimum atomic E-state index is -0.918. The van der Waals surface area contributed by atoms with Gasteiger partial charge in [-0.3, -0.25) is 9.59 Å². The molecular weight excluding hydrogens is 348 g/mol. The zero-order chi connectivity index (χ0) is 20.6. The molecule has 27 heavy (non-hydrogen) atoms. The fourth-order valence-electron chi connectivity index (χ4n) is 2.51. The Kier molecular flexibility index (Phi) is 8.28. The molecule has 0 aliphatic heterocycles. The number of carbonyl (C=O) groups is 3. The van der Waals surface area contributed by atoms with Gasteiger partial charge in [-0.15, -0.1) is 0 Å². The first kappa shape index (κ1) is 22.5. The number of alkyl carbamates (subject to hydrolysis) is 1. The van der Waals surface area contributed by atoms with E-state index in [1.165, 1.54) is 0 Å². The molecule has 0 aromatic heterocycles. The minimum Gasteiger partial charge on any atom is -0.481 e. The second-order valence-corrected chi connectivity index (χ2v) is 7.54. The summed E-state index contributed by atoms with van der Waals surface area (Å²) in [5.41, 5.74) is 0.444. The summed E-state index contributed by atoms with van der Waals surface area (Å²) in [6.45, 7) is 8.98. The van der Waals surface area contributed by atoms with Crippen LogP contribution in [0.3, 0.4) is 0 Å². The van der Waals surface area contributed by atoms with Crippen LogP contribution in [-0.4, -0.2) is 35.2 Å². The van der Waals surface area contributed by atoms with Crippen molar-refractivity contribution < 1.29 is 24.2 Å². The Bertz CT molecular complexity index is 667. The van der Waals surface area contributed by atoms with Crippen LogP contribution in [0, 0.1) is 5.92 Å². The van der Waals surface area contributed by atoms with E-state index in [2.05, 4.69) is 10.6 Å². The molecule has 0 heterocycles. The van der Waals surface area contributed by atoms with Gasteiger partial charge in [-0.1, -0.05) is 38.5 Å². The van der Waals surface area contributed by atoms with Crippen LogP contribution in [0.2, 0.25) is 0 Å². The van der Waals surface area contributed by atoms with Crippen LogP contribution in [-0.2, 0) is 14.3 Å². The monoisotopic (exact) mass is 378 g/mol. The summed E-state index contributed by atoms with van der Waals surface area (Å²) in [4.78, 5) is 35.7. The van der Waals surface area contributed by atoms with Gasteiger partial charge in [0.05, 0.1) is 11.8 Å². The van der Waals surface area contributed by atoms with Gasteiger partial charge in [0.2, 0.25) is 5.91 Å². The highest BCUT2D eigenvalue weighted by atomic mass is 16.6. The fraction of sp³-hybridized carbons (Fsp3) is 0.550. The number of carboxylic acids is 1. The second kappa shape index (κ2) is 9.94. The van der Waals surface area contributed by atoms with E-state index in [-0.39, 0.29) is 12.5 Å². The molecule has 0 aliphatic carbocycles. The van der Waals surface area contributed by atoms with Crippen LogP contribution in [0.5, 0.6) is 0 Å². The molecular formula is C20H30N2O5. The number of anilines is 1. The lowest BCUT2D eigenvalue weighted by Crippen LogP contribution is -2.37. The lowest BCUT2D eigenvalue weighted by atomic mass is 9.93. The largest absolute Gasteiger partial charge is 0.481 e. The minimum absolute atomic E-state index is 0.111. The zero-order valence-corrected chi connectivity index (χ0v) is 16.7. The maximum atomic E-state index is 12.5. The number of carbonyl (C=O) groups excluding carboxylic acids is 2. The van der Waals surface area contributed by atoms with Gasteiger partial charge in [0, 0.05) is 12.2 Å². The summed E-state index contributed by atoms with van der Waals surface area (Å²) in [5, 5.41) is 14.8. The summed E-state index contributed by atoms with van der Waals surface area (Å²) < 4.78 is 5.14. The number of carboxylic acid groups (broad SMARTS) is 1. The van der Waals surface area contributed by atoms with Crippen molar-refractivity contribution in [3.05, 3.63) is 29.8 Å². The average Bonchev–Trinajstić information content (AvgIpc) is 2.56. The van der Waals surface area contributed by atoms with E-state index < -0.39 is 29.5 Å². The van der Waals surface area contributed by atoms with E-state index in [9.17, 15) is 19.5 Å². The normalized spacial score (nSPS) is 13.4. The summed E-state index contributed by atoms with van der Waals surface area (Å²) in [5.74, 6) is -2.42. The van der Waals surface area contributed by atoms with Gasteiger partial charge in [0.15, 0.2) is 0 Å². The highest BCUT2D eigenvalue weighted by molar-refractivity contribution is 5.94. The molecule has 7 heteroatoms. The topological polar surface area (TPSA) is 105 Å². The van der Waals surface area contributed by atoms with E-state index in [0.717, 1.165) is 6.42 Å². The Hall–Kier alpha value is -2.57. The quantitative estimate of drug-likeness (QED) is 0.639. The molecule has 1 rings (SSSR count). The van der Waals surface area contributed by atoms with Crippen molar-refractivity contribution in [1.29, 1.82) is 0 Å². The van der Waals surface area contributed by atoms with Gasteiger partial charge >= 0.3 is 12.1 Å². The maximum absolute atomic E-state index is 12.5. The van der Waals surface area contributed by atoms with Gasteiger partial charge in [-0.25, -0.2) is 4.79 Å². The van der Waals surface area contributed by atoms with Gasteiger partial charge in [0.25, 0.3) is 0 Å². The van der Waals surface area contributed by atoms with Crippen LogP contribution in [0.1, 0.15) is 58.9 Å². The van der Waals surface area contributed by atoms with Gasteiger partial charge in [0.1, 0.15) is 5.60 Å². The Balaban J connectivity index is 2.76. The summed E-state index contributed by atoms with van der Waals surface area (Å²) >= 11 is 0. The Labute approximate surface area is 160 Å². The lowest BCUT2D eigenvalue weighted by molar-refractivity contribution is -0.139. The van der Waals surface area contributed by atoms with Crippen LogP contribution >= 0.6 is 0 Å². The second-order valence-electron chi connectivity index (χ2n) is 7.54. The summed E-state index contributed by atoms with van der Waals surface area (Å²) in [6, 6.07) is 6.90. The van der Waals surface area contributed by atoms with E-state index >= 15 is 0 Å². The molecule has 1 aromatic carbocycles. The molecule has 0 saturated carbocycles. The van der Waals surface area contributed by atoms with Crippen molar-refractivity contribution in [2.24, 2.45) is 5.92 Å². The van der Waals surface area contributed by atoms with Gasteiger partial charge in [-0.2, -0.15) is 0 Å². The SMILES string of the molecule is CCC[C@@H](C(=O)O)c1ccccc1NC(=O)[C@@H](C)CNC(=O)OC(C)(C)C. The number of rotatable bonds is 8. The molecule has 2 amide bonds. The molecule has 0 saturated heterocycles. The van der Waals surface area contributed by atoms with Crippen molar-refractivity contribution >= 4 is 23.7 Å². The number of hydrogen-bond donors (Lipinski definition) is 3. The summed E-state index contributed by atoms with van der Waals surface area (Å²) in [6.07, 6.45) is 0.615. The van der Waals surface area contributed by atoms with Crippen LogP contribution in [0.15, 0.2) is 24.3 Å².